The van der Waals surface area contributed by atoms with Crippen molar-refractivity contribution >= 4 is 0 Å². The summed E-state index contributed by atoms with van der Waals surface area (Å²) >= 11 is 0. The number of aromatic nitrogens is 2. The predicted octanol–water partition coefficient (Wildman–Crippen LogP) is 1.01. The van der Waals surface area contributed by atoms with Crippen LogP contribution in [-0.2, 0) is 13.5 Å². The molecule has 5 heteroatoms. The number of nitrogens with two attached hydrogens (primary N) is 1. The third-order valence-corrected chi connectivity index (χ3v) is 4.50. The van der Waals surface area contributed by atoms with Crippen LogP contribution in [0.1, 0.15) is 38.1 Å². The first kappa shape index (κ1) is 15.5. The summed E-state index contributed by atoms with van der Waals surface area (Å²) in [5.74, 6) is 0. The van der Waals surface area contributed by atoms with Gasteiger partial charge in [0.1, 0.15) is 0 Å². The predicted molar refractivity (Wildman–Crippen MR) is 82.7 cm³/mol. The van der Waals surface area contributed by atoms with Crippen LogP contribution in [0.3, 0.4) is 0 Å². The SMILES string of the molecule is CCc1nn(C)cc1C(CN)N1CCN(CC)C(C)C1. The molecule has 0 aliphatic carbocycles. The molecule has 2 rings (SSSR count). The van der Waals surface area contributed by atoms with E-state index in [0.29, 0.717) is 18.6 Å². The number of hydrogen-bond acceptors (Lipinski definition) is 4. The molecule has 0 spiro atoms. The molecule has 1 aliphatic rings. The molecule has 1 saturated heterocycles. The zero-order chi connectivity index (χ0) is 14.7. The Morgan fingerprint density at radius 3 is 2.70 bits per heavy atom. The van der Waals surface area contributed by atoms with Gasteiger partial charge in [-0.3, -0.25) is 14.5 Å². The average Bonchev–Trinajstić information content (AvgIpc) is 2.81. The van der Waals surface area contributed by atoms with Crippen molar-refractivity contribution in [1.29, 1.82) is 0 Å². The summed E-state index contributed by atoms with van der Waals surface area (Å²) in [7, 11) is 1.99. The van der Waals surface area contributed by atoms with E-state index in [0.717, 1.165) is 32.6 Å². The Hall–Kier alpha value is -0.910. The van der Waals surface area contributed by atoms with Crippen molar-refractivity contribution < 1.29 is 0 Å². The van der Waals surface area contributed by atoms with Crippen LogP contribution in [-0.4, -0.2) is 58.3 Å². The van der Waals surface area contributed by atoms with Gasteiger partial charge in [0.15, 0.2) is 0 Å². The van der Waals surface area contributed by atoms with Gasteiger partial charge in [-0.25, -0.2) is 0 Å². The number of piperazine rings is 1. The molecule has 2 N–H and O–H groups in total. The summed E-state index contributed by atoms with van der Waals surface area (Å²) in [6, 6.07) is 0.907. The number of aryl methyl sites for hydroxylation is 2. The highest BCUT2D eigenvalue weighted by Crippen LogP contribution is 2.25. The largest absolute Gasteiger partial charge is 0.329 e. The molecule has 5 nitrogen and oxygen atoms in total. The molecule has 1 aromatic heterocycles. The molecule has 0 amide bonds. The van der Waals surface area contributed by atoms with E-state index in [4.69, 9.17) is 5.73 Å². The Balaban J connectivity index is 2.16. The van der Waals surface area contributed by atoms with E-state index in [-0.39, 0.29) is 0 Å². The highest BCUT2D eigenvalue weighted by molar-refractivity contribution is 5.22. The van der Waals surface area contributed by atoms with Gasteiger partial charge in [0, 0.05) is 51.0 Å². The van der Waals surface area contributed by atoms with Gasteiger partial charge < -0.3 is 5.73 Å². The molecule has 0 bridgehead atoms. The van der Waals surface area contributed by atoms with Gasteiger partial charge in [0.05, 0.1) is 11.7 Å². The standard InChI is InChI=1S/C15H29N5/c1-5-14-13(11-18(4)17-14)15(9-16)20-8-7-19(6-2)12(3)10-20/h11-12,15H,5-10,16H2,1-4H3. The number of hydrogen-bond donors (Lipinski definition) is 1. The first-order valence-electron chi connectivity index (χ1n) is 7.81. The van der Waals surface area contributed by atoms with Gasteiger partial charge >= 0.3 is 0 Å². The minimum atomic E-state index is 0.306. The molecule has 20 heavy (non-hydrogen) atoms. The van der Waals surface area contributed by atoms with E-state index in [1.54, 1.807) is 0 Å². The smallest absolute Gasteiger partial charge is 0.0670 e. The van der Waals surface area contributed by atoms with Crippen molar-refractivity contribution in [3.8, 4) is 0 Å². The Morgan fingerprint density at radius 2 is 2.15 bits per heavy atom. The van der Waals surface area contributed by atoms with Crippen LogP contribution in [0, 0.1) is 0 Å². The zero-order valence-corrected chi connectivity index (χ0v) is 13.3. The summed E-state index contributed by atoms with van der Waals surface area (Å²) in [6.07, 6.45) is 3.12. The van der Waals surface area contributed by atoms with E-state index in [2.05, 4.69) is 41.9 Å². The van der Waals surface area contributed by atoms with Crippen LogP contribution in [0.4, 0.5) is 0 Å². The van der Waals surface area contributed by atoms with E-state index in [1.807, 2.05) is 11.7 Å². The van der Waals surface area contributed by atoms with Gasteiger partial charge in [-0.15, -0.1) is 0 Å². The lowest BCUT2D eigenvalue weighted by Gasteiger charge is -2.42. The van der Waals surface area contributed by atoms with Gasteiger partial charge in [0.2, 0.25) is 0 Å². The lowest BCUT2D eigenvalue weighted by atomic mass is 10.0. The second-order valence-electron chi connectivity index (χ2n) is 5.78. The van der Waals surface area contributed by atoms with Crippen molar-refractivity contribution in [2.24, 2.45) is 12.8 Å². The van der Waals surface area contributed by atoms with E-state index < -0.39 is 0 Å². The topological polar surface area (TPSA) is 50.3 Å². The Bertz CT molecular complexity index is 428. The highest BCUT2D eigenvalue weighted by atomic mass is 15.3. The van der Waals surface area contributed by atoms with Crippen LogP contribution in [0.5, 0.6) is 0 Å². The first-order valence-corrected chi connectivity index (χ1v) is 7.81. The van der Waals surface area contributed by atoms with E-state index in [9.17, 15) is 0 Å². The van der Waals surface area contributed by atoms with Crippen molar-refractivity contribution in [3.05, 3.63) is 17.5 Å². The number of nitrogens with zero attached hydrogens (tertiary/aromatic N) is 4. The highest BCUT2D eigenvalue weighted by Gasteiger charge is 2.29. The summed E-state index contributed by atoms with van der Waals surface area (Å²) < 4.78 is 1.92. The quantitative estimate of drug-likeness (QED) is 0.874. The molecule has 1 aliphatic heterocycles. The van der Waals surface area contributed by atoms with Gasteiger partial charge in [-0.1, -0.05) is 13.8 Å². The normalized spacial score (nSPS) is 23.1. The Morgan fingerprint density at radius 1 is 1.40 bits per heavy atom. The zero-order valence-electron chi connectivity index (χ0n) is 13.3. The van der Waals surface area contributed by atoms with Crippen molar-refractivity contribution in [2.75, 3.05) is 32.7 Å². The van der Waals surface area contributed by atoms with Crippen LogP contribution < -0.4 is 5.73 Å². The van der Waals surface area contributed by atoms with Gasteiger partial charge in [-0.2, -0.15) is 5.10 Å². The van der Waals surface area contributed by atoms with Crippen molar-refractivity contribution in [3.63, 3.8) is 0 Å². The lowest BCUT2D eigenvalue weighted by molar-refractivity contribution is 0.0604. The second-order valence-corrected chi connectivity index (χ2v) is 5.78. The van der Waals surface area contributed by atoms with Crippen LogP contribution in [0.2, 0.25) is 0 Å². The molecule has 1 fully saturated rings. The van der Waals surface area contributed by atoms with E-state index in [1.165, 1.54) is 11.3 Å². The third-order valence-electron chi connectivity index (χ3n) is 4.50. The molecule has 2 unspecified atom stereocenters. The maximum absolute atomic E-state index is 6.09. The summed E-state index contributed by atoms with van der Waals surface area (Å²) in [4.78, 5) is 5.07. The third kappa shape index (κ3) is 3.05. The van der Waals surface area contributed by atoms with Crippen molar-refractivity contribution in [1.82, 2.24) is 19.6 Å². The molecule has 114 valence electrons. The van der Waals surface area contributed by atoms with Crippen LogP contribution in [0.15, 0.2) is 6.20 Å². The molecule has 0 saturated carbocycles. The second kappa shape index (κ2) is 6.70. The molecule has 2 atom stereocenters. The van der Waals surface area contributed by atoms with Crippen molar-refractivity contribution in [2.45, 2.75) is 39.3 Å². The molecule has 0 aromatic carbocycles. The van der Waals surface area contributed by atoms with Crippen LogP contribution in [0.25, 0.3) is 0 Å². The first-order chi connectivity index (χ1) is 9.60. The minimum Gasteiger partial charge on any atom is -0.329 e. The summed E-state index contributed by atoms with van der Waals surface area (Å²) in [5, 5.41) is 4.57. The maximum Gasteiger partial charge on any atom is 0.0670 e. The fraction of sp³-hybridized carbons (Fsp3) is 0.800. The minimum absolute atomic E-state index is 0.306. The van der Waals surface area contributed by atoms with Gasteiger partial charge in [0.25, 0.3) is 0 Å². The molecule has 0 radical (unpaired) electrons. The fourth-order valence-electron chi connectivity index (χ4n) is 3.36. The average molecular weight is 279 g/mol. The molecular formula is C15H29N5. The Kier molecular flexibility index (Phi) is 5.18. The maximum atomic E-state index is 6.09. The number of rotatable bonds is 5. The Labute approximate surface area is 122 Å². The van der Waals surface area contributed by atoms with E-state index >= 15 is 0 Å². The summed E-state index contributed by atoms with van der Waals surface area (Å²) in [6.45, 7) is 11.8. The van der Waals surface area contributed by atoms with Crippen LogP contribution >= 0.6 is 0 Å². The lowest BCUT2D eigenvalue weighted by Crippen LogP contribution is -2.53. The van der Waals surface area contributed by atoms with Gasteiger partial charge in [-0.05, 0) is 19.9 Å². The molecule has 1 aromatic rings. The molecular weight excluding hydrogens is 250 g/mol. The number of likely N-dealkylation sites (N-methyl/N-ethyl adjacent to an activating group) is 1. The molecule has 2 heterocycles. The summed E-state index contributed by atoms with van der Waals surface area (Å²) in [5.41, 5.74) is 8.59. The monoisotopic (exact) mass is 279 g/mol. The fourth-order valence-corrected chi connectivity index (χ4v) is 3.36.